The molecule has 6 aromatic rings. The van der Waals surface area contributed by atoms with Gasteiger partial charge < -0.3 is 0 Å². The third-order valence-electron chi connectivity index (χ3n) is 15.9. The van der Waals surface area contributed by atoms with Gasteiger partial charge in [-0.15, -0.1) is 68.0 Å². The van der Waals surface area contributed by atoms with Gasteiger partial charge in [0.25, 0.3) is 0 Å². The van der Waals surface area contributed by atoms with Crippen LogP contribution in [-0.4, -0.2) is 0 Å². The summed E-state index contributed by atoms with van der Waals surface area (Å²) < 4.78 is 9.65. The van der Waals surface area contributed by atoms with Crippen LogP contribution in [0.3, 0.4) is 0 Å². The van der Waals surface area contributed by atoms with Gasteiger partial charge >= 0.3 is 0 Å². The molecule has 0 spiro atoms. The molecule has 6 aromatic heterocycles. The van der Waals surface area contributed by atoms with E-state index in [1.165, 1.54) is 267 Å². The molecular weight excluding hydrogens is 961 g/mol. The van der Waals surface area contributed by atoms with Gasteiger partial charge in [0.2, 0.25) is 0 Å². The van der Waals surface area contributed by atoms with Gasteiger partial charge in [0, 0.05) is 19.5 Å². The van der Waals surface area contributed by atoms with Crippen LogP contribution in [0.15, 0.2) is 35.0 Å². The van der Waals surface area contributed by atoms with Crippen LogP contribution in [0.4, 0.5) is 0 Å². The summed E-state index contributed by atoms with van der Waals surface area (Å²) in [5, 5.41) is 4.60. The predicted molar refractivity (Wildman–Crippen MR) is 330 cm³/mol. The SMILES string of the molecule is CCCCCCCCCCC(CCCCCCCC)CCCCc1c(-c2cccs2)sc2c1sc1c3sc(-c4cccs4)c(CCCCC(CCCCCCCC)CCCCCCCCCC)c3sc21. The van der Waals surface area contributed by atoms with Crippen molar-refractivity contribution in [3.05, 3.63) is 46.2 Å². The summed E-state index contributed by atoms with van der Waals surface area (Å²) in [4.78, 5) is 6.14. The zero-order valence-electron chi connectivity index (χ0n) is 45.4. The van der Waals surface area contributed by atoms with Gasteiger partial charge in [-0.05, 0) is 71.5 Å². The zero-order valence-corrected chi connectivity index (χ0v) is 50.3. The van der Waals surface area contributed by atoms with Crippen LogP contribution in [0.25, 0.3) is 47.7 Å². The molecule has 0 bridgehead atoms. The van der Waals surface area contributed by atoms with E-state index in [1.807, 2.05) is 22.7 Å². The predicted octanol–water partition coefficient (Wildman–Crippen LogP) is 26.1. The second kappa shape index (κ2) is 35.3. The van der Waals surface area contributed by atoms with Gasteiger partial charge in [-0.3, -0.25) is 0 Å². The third-order valence-corrected chi connectivity index (χ3v) is 23.7. The number of unbranched alkanes of at least 4 members (excludes halogenated alkanes) is 26. The summed E-state index contributed by atoms with van der Waals surface area (Å²) in [6, 6.07) is 9.34. The Morgan fingerprint density at radius 3 is 0.857 bits per heavy atom. The number of thiophene rings is 6. The van der Waals surface area contributed by atoms with Gasteiger partial charge in [-0.1, -0.05) is 271 Å². The topological polar surface area (TPSA) is 0 Å². The second-order valence-electron chi connectivity index (χ2n) is 21.8. The Morgan fingerprint density at radius 2 is 0.571 bits per heavy atom. The van der Waals surface area contributed by atoms with Crippen molar-refractivity contribution in [1.82, 2.24) is 0 Å². The molecule has 6 heteroatoms. The molecule has 70 heavy (non-hydrogen) atoms. The van der Waals surface area contributed by atoms with E-state index < -0.39 is 0 Å². The number of hydrogen-bond acceptors (Lipinski definition) is 6. The van der Waals surface area contributed by atoms with E-state index in [-0.39, 0.29) is 0 Å². The molecular formula is C64H100S6. The number of aryl methyl sites for hydroxylation is 2. The van der Waals surface area contributed by atoms with Crippen LogP contribution >= 0.6 is 68.0 Å². The highest BCUT2D eigenvalue weighted by molar-refractivity contribution is 7.46. The lowest BCUT2D eigenvalue weighted by atomic mass is 9.89. The summed E-state index contributed by atoms with van der Waals surface area (Å²) in [6.07, 6.45) is 56.8. The Morgan fingerprint density at radius 1 is 0.300 bits per heavy atom. The fourth-order valence-corrected chi connectivity index (χ4v) is 19.6. The van der Waals surface area contributed by atoms with Crippen LogP contribution in [-0.2, 0) is 12.8 Å². The fraction of sp³-hybridized carbons (Fsp3) is 0.719. The quantitative estimate of drug-likeness (QED) is 0.0335. The molecule has 0 N–H and O–H groups in total. The molecule has 0 saturated heterocycles. The minimum Gasteiger partial charge on any atom is -0.143 e. The van der Waals surface area contributed by atoms with Gasteiger partial charge in [0.1, 0.15) is 0 Å². The van der Waals surface area contributed by atoms with Crippen LogP contribution in [0, 0.1) is 11.8 Å². The first-order valence-corrected chi connectivity index (χ1v) is 35.2. The average molecular weight is 1060 g/mol. The van der Waals surface area contributed by atoms with Crippen LogP contribution in [0.2, 0.25) is 0 Å². The minimum atomic E-state index is 0.933. The van der Waals surface area contributed by atoms with Crippen molar-refractivity contribution in [2.75, 3.05) is 0 Å². The maximum atomic E-state index is 2.40. The molecule has 0 amide bonds. The molecule has 0 saturated carbocycles. The summed E-state index contributed by atoms with van der Waals surface area (Å²) in [5.41, 5.74) is 3.36. The van der Waals surface area contributed by atoms with Crippen molar-refractivity contribution >= 4 is 96.2 Å². The van der Waals surface area contributed by atoms with Crippen molar-refractivity contribution in [2.45, 2.75) is 285 Å². The summed E-state index contributed by atoms with van der Waals surface area (Å²) in [6.45, 7) is 9.36. The number of hydrogen-bond donors (Lipinski definition) is 0. The second-order valence-corrected chi connectivity index (χ2v) is 27.8. The summed E-state index contributed by atoms with van der Waals surface area (Å²) in [5.74, 6) is 1.87. The van der Waals surface area contributed by atoms with Gasteiger partial charge in [-0.2, -0.15) is 0 Å². The Balaban J connectivity index is 1.11. The molecule has 0 fully saturated rings. The van der Waals surface area contributed by atoms with Gasteiger partial charge in [-0.25, -0.2) is 0 Å². The monoisotopic (exact) mass is 1060 g/mol. The molecule has 0 aliphatic carbocycles. The van der Waals surface area contributed by atoms with E-state index >= 15 is 0 Å². The fourth-order valence-electron chi connectivity index (χ4n) is 11.6. The van der Waals surface area contributed by atoms with Crippen molar-refractivity contribution < 1.29 is 0 Å². The molecule has 0 aromatic carbocycles. The normalized spacial score (nSPS) is 13.0. The lowest BCUT2D eigenvalue weighted by Crippen LogP contribution is -2.02. The van der Waals surface area contributed by atoms with Crippen LogP contribution < -0.4 is 0 Å². The van der Waals surface area contributed by atoms with Crippen LogP contribution in [0.5, 0.6) is 0 Å². The van der Waals surface area contributed by atoms with Crippen LogP contribution in [0.1, 0.15) is 283 Å². The van der Waals surface area contributed by atoms with E-state index in [1.54, 1.807) is 49.1 Å². The van der Waals surface area contributed by atoms with Gasteiger partial charge in [0.15, 0.2) is 0 Å². The minimum absolute atomic E-state index is 0.933. The number of rotatable bonds is 44. The van der Waals surface area contributed by atoms with Crippen molar-refractivity contribution in [1.29, 1.82) is 0 Å². The largest absolute Gasteiger partial charge is 0.143 e. The van der Waals surface area contributed by atoms with E-state index in [0.29, 0.717) is 0 Å². The van der Waals surface area contributed by atoms with Crippen molar-refractivity contribution in [3.8, 4) is 19.5 Å². The van der Waals surface area contributed by atoms with E-state index in [2.05, 4.69) is 108 Å². The molecule has 0 aliphatic rings. The Bertz CT molecular complexity index is 2010. The molecule has 2 unspecified atom stereocenters. The zero-order chi connectivity index (χ0) is 48.9. The highest BCUT2D eigenvalue weighted by atomic mass is 32.1. The highest BCUT2D eigenvalue weighted by Gasteiger charge is 2.26. The first kappa shape index (κ1) is 58.2. The molecule has 392 valence electrons. The molecule has 2 atom stereocenters. The first-order chi connectivity index (χ1) is 34.7. The molecule has 0 aliphatic heterocycles. The van der Waals surface area contributed by atoms with Crippen molar-refractivity contribution in [3.63, 3.8) is 0 Å². The standard InChI is InChI=1S/C64H100S6/c1-5-9-13-17-21-23-27-31-41-51(39-29-25-19-15-11-7-3)43-33-35-45-53-57(55-47-37-49-65-55)67-61-59(53)69-64-62-60(70-63(61)64)54(58(68-62)56-48-38-50-66-56)46-36-34-44-52(40-30-26-20-16-12-8-4)42-32-28-24-22-18-14-10-6-2/h37-38,47-52H,5-36,39-46H2,1-4H3. The van der Waals surface area contributed by atoms with E-state index in [0.717, 1.165) is 11.8 Å². The summed E-state index contributed by atoms with van der Waals surface area (Å²) in [7, 11) is 0. The molecule has 0 nitrogen and oxygen atoms in total. The lowest BCUT2D eigenvalue weighted by Gasteiger charge is -2.17. The molecule has 6 rings (SSSR count). The lowest BCUT2D eigenvalue weighted by molar-refractivity contribution is 0.368. The first-order valence-electron chi connectivity index (χ1n) is 30.2. The smallest absolute Gasteiger partial charge is 0.0651 e. The maximum absolute atomic E-state index is 2.40. The Labute approximate surface area is 454 Å². The third kappa shape index (κ3) is 19.3. The van der Waals surface area contributed by atoms with Gasteiger partial charge in [0.05, 0.1) is 28.2 Å². The molecule has 6 heterocycles. The average Bonchev–Trinajstić information content (AvgIpc) is 4.25. The number of fused-ring (bicyclic) bond motifs is 5. The van der Waals surface area contributed by atoms with E-state index in [4.69, 9.17) is 0 Å². The van der Waals surface area contributed by atoms with Crippen molar-refractivity contribution in [2.24, 2.45) is 11.8 Å². The Kier molecular flexibility index (Phi) is 29.4. The Hall–Kier alpha value is -1.02. The highest BCUT2D eigenvalue weighted by Crippen LogP contribution is 2.56. The molecule has 0 radical (unpaired) electrons. The maximum Gasteiger partial charge on any atom is 0.0651 e. The van der Waals surface area contributed by atoms with E-state index in [9.17, 15) is 0 Å². The summed E-state index contributed by atoms with van der Waals surface area (Å²) >= 11 is 12.5.